The minimum atomic E-state index is -0.317. The number of rotatable bonds is 5. The fourth-order valence-electron chi connectivity index (χ4n) is 2.83. The van der Waals surface area contributed by atoms with Gasteiger partial charge in [0.15, 0.2) is 0 Å². The van der Waals surface area contributed by atoms with Gasteiger partial charge in [-0.3, -0.25) is 9.59 Å². The number of likely N-dealkylation sites (tertiary alicyclic amines) is 1. The zero-order valence-corrected chi connectivity index (χ0v) is 15.2. The van der Waals surface area contributed by atoms with Crippen molar-refractivity contribution in [1.82, 2.24) is 14.9 Å². The lowest BCUT2D eigenvalue weighted by Crippen LogP contribution is -2.44. The Morgan fingerprint density at radius 2 is 2.29 bits per heavy atom. The number of aryl methyl sites for hydroxylation is 1. The van der Waals surface area contributed by atoms with Gasteiger partial charge in [0.25, 0.3) is 0 Å². The molecule has 0 radical (unpaired) electrons. The van der Waals surface area contributed by atoms with E-state index < -0.39 is 0 Å². The third kappa shape index (κ3) is 3.70. The van der Waals surface area contributed by atoms with Crippen molar-refractivity contribution in [2.75, 3.05) is 18.8 Å². The monoisotopic (exact) mass is 364 g/mol. The van der Waals surface area contributed by atoms with E-state index in [4.69, 9.17) is 5.73 Å². The van der Waals surface area contributed by atoms with Crippen molar-refractivity contribution in [2.45, 2.75) is 31.2 Å². The van der Waals surface area contributed by atoms with Gasteiger partial charge in [0, 0.05) is 23.4 Å². The summed E-state index contributed by atoms with van der Waals surface area (Å²) in [6, 6.07) is 2.11. The summed E-state index contributed by atoms with van der Waals surface area (Å²) in [5.74, 6) is -0.191. The molecule has 2 N–H and O–H groups in total. The molecule has 3 heterocycles. The average molecular weight is 364 g/mol. The van der Waals surface area contributed by atoms with Gasteiger partial charge in [-0.1, -0.05) is 18.7 Å². The van der Waals surface area contributed by atoms with Gasteiger partial charge < -0.3 is 10.6 Å². The van der Waals surface area contributed by atoms with Crippen LogP contribution in [0.4, 0.5) is 0 Å². The summed E-state index contributed by atoms with van der Waals surface area (Å²) in [7, 11) is 0. The summed E-state index contributed by atoms with van der Waals surface area (Å²) in [6.07, 6.45) is 4.11. The number of carbonyl (C=O) groups is 2. The zero-order chi connectivity index (χ0) is 17.1. The Morgan fingerprint density at radius 1 is 1.46 bits per heavy atom. The summed E-state index contributed by atoms with van der Waals surface area (Å²) < 4.78 is 0. The van der Waals surface area contributed by atoms with Crippen molar-refractivity contribution < 1.29 is 9.59 Å². The number of fused-ring (bicyclic) bond motifs is 1. The van der Waals surface area contributed by atoms with Crippen molar-refractivity contribution in [1.29, 1.82) is 0 Å². The summed E-state index contributed by atoms with van der Waals surface area (Å²) in [6.45, 7) is 3.24. The molecule has 128 valence electrons. The lowest BCUT2D eigenvalue weighted by molar-refractivity contribution is -0.132. The molecule has 24 heavy (non-hydrogen) atoms. The summed E-state index contributed by atoms with van der Waals surface area (Å²) >= 11 is 3.10. The molecule has 0 aliphatic carbocycles. The minimum absolute atomic E-state index is 0.0312. The first-order valence-electron chi connectivity index (χ1n) is 8.01. The van der Waals surface area contributed by atoms with Crippen LogP contribution in [0.5, 0.6) is 0 Å². The first-order chi connectivity index (χ1) is 11.6. The molecule has 2 amide bonds. The van der Waals surface area contributed by atoms with Crippen LogP contribution < -0.4 is 5.73 Å². The van der Waals surface area contributed by atoms with E-state index in [1.165, 1.54) is 16.6 Å². The molecular formula is C16H20N4O2S2. The standard InChI is InChI=1S/C16H20N4O2S2/c1-2-11-6-12-15(18-9-19-16(12)24-11)23-8-13(21)20-5-3-4-10(7-20)14(17)22/h6,9-10H,2-5,7-8H2,1H3,(H2,17,22)/t10-/m0/s1. The van der Waals surface area contributed by atoms with Crippen molar-refractivity contribution in [2.24, 2.45) is 11.7 Å². The first kappa shape index (κ1) is 17.2. The topological polar surface area (TPSA) is 89.2 Å². The number of thioether (sulfide) groups is 1. The molecule has 8 heteroatoms. The maximum Gasteiger partial charge on any atom is 0.233 e. The van der Waals surface area contributed by atoms with Gasteiger partial charge in [0.05, 0.1) is 11.7 Å². The van der Waals surface area contributed by atoms with Crippen molar-refractivity contribution in [3.8, 4) is 0 Å². The summed E-state index contributed by atoms with van der Waals surface area (Å²) in [4.78, 5) is 36.4. The Kier molecular flexibility index (Phi) is 5.35. The van der Waals surface area contributed by atoms with Gasteiger partial charge in [-0.05, 0) is 25.3 Å². The quantitative estimate of drug-likeness (QED) is 0.648. The maximum atomic E-state index is 12.4. The number of hydrogen-bond donors (Lipinski definition) is 1. The highest BCUT2D eigenvalue weighted by atomic mass is 32.2. The molecule has 0 unspecified atom stereocenters. The highest BCUT2D eigenvalue weighted by Gasteiger charge is 2.27. The van der Waals surface area contributed by atoms with Gasteiger partial charge in [-0.15, -0.1) is 11.3 Å². The number of amides is 2. The molecule has 0 saturated carbocycles. The Balaban J connectivity index is 1.66. The molecule has 1 saturated heterocycles. The second-order valence-electron chi connectivity index (χ2n) is 5.83. The molecule has 1 aliphatic rings. The van der Waals surface area contributed by atoms with Crippen LogP contribution in [-0.4, -0.2) is 45.5 Å². The molecular weight excluding hydrogens is 344 g/mol. The number of aromatic nitrogens is 2. The molecule has 0 bridgehead atoms. The number of nitrogens with zero attached hydrogens (tertiary/aromatic N) is 3. The molecule has 0 spiro atoms. The number of nitrogens with two attached hydrogens (primary N) is 1. The van der Waals surface area contributed by atoms with E-state index in [0.717, 1.165) is 34.5 Å². The second-order valence-corrected chi connectivity index (χ2v) is 7.91. The Bertz CT molecular complexity index is 762. The van der Waals surface area contributed by atoms with E-state index >= 15 is 0 Å². The molecule has 1 aliphatic heterocycles. The Hall–Kier alpha value is -1.67. The fourth-order valence-corrected chi connectivity index (χ4v) is 4.71. The minimum Gasteiger partial charge on any atom is -0.369 e. The molecule has 3 rings (SSSR count). The lowest BCUT2D eigenvalue weighted by Gasteiger charge is -2.31. The molecule has 0 aromatic carbocycles. The van der Waals surface area contributed by atoms with Crippen LogP contribution in [-0.2, 0) is 16.0 Å². The first-order valence-corrected chi connectivity index (χ1v) is 9.82. The summed E-state index contributed by atoms with van der Waals surface area (Å²) in [5, 5.41) is 1.86. The van der Waals surface area contributed by atoms with Crippen LogP contribution in [0.3, 0.4) is 0 Å². The van der Waals surface area contributed by atoms with E-state index in [0.29, 0.717) is 18.8 Å². The molecule has 6 nitrogen and oxygen atoms in total. The fraction of sp³-hybridized carbons (Fsp3) is 0.500. The molecule has 2 aromatic heterocycles. The highest BCUT2D eigenvalue weighted by molar-refractivity contribution is 8.00. The smallest absolute Gasteiger partial charge is 0.233 e. The molecule has 1 fully saturated rings. The second kappa shape index (κ2) is 7.48. The SMILES string of the molecule is CCc1cc2c(SCC(=O)N3CCC[C@H](C(N)=O)C3)ncnc2s1. The van der Waals surface area contributed by atoms with Crippen molar-refractivity contribution in [3.05, 3.63) is 17.3 Å². The van der Waals surface area contributed by atoms with Gasteiger partial charge in [-0.2, -0.15) is 0 Å². The number of hydrogen-bond acceptors (Lipinski definition) is 6. The van der Waals surface area contributed by atoms with Crippen molar-refractivity contribution in [3.63, 3.8) is 0 Å². The molecule has 1 atom stereocenters. The van der Waals surface area contributed by atoms with Gasteiger partial charge in [0.2, 0.25) is 11.8 Å². The van der Waals surface area contributed by atoms with Crippen LogP contribution in [0.15, 0.2) is 17.4 Å². The predicted molar refractivity (Wildman–Crippen MR) is 96.0 cm³/mol. The normalized spacial score (nSPS) is 18.0. The third-order valence-corrected chi connectivity index (χ3v) is 6.38. The van der Waals surface area contributed by atoms with E-state index in [1.54, 1.807) is 22.6 Å². The number of thiophene rings is 1. The van der Waals surface area contributed by atoms with Crippen LogP contribution >= 0.6 is 23.1 Å². The number of piperidine rings is 1. The van der Waals surface area contributed by atoms with Gasteiger partial charge in [-0.25, -0.2) is 9.97 Å². The Morgan fingerprint density at radius 3 is 3.04 bits per heavy atom. The maximum absolute atomic E-state index is 12.4. The highest BCUT2D eigenvalue weighted by Crippen LogP contribution is 2.31. The largest absolute Gasteiger partial charge is 0.369 e. The third-order valence-electron chi connectivity index (χ3n) is 4.20. The van der Waals surface area contributed by atoms with E-state index in [1.807, 2.05) is 0 Å². The van der Waals surface area contributed by atoms with E-state index in [9.17, 15) is 9.59 Å². The average Bonchev–Trinajstić information content (AvgIpc) is 3.03. The summed E-state index contributed by atoms with van der Waals surface area (Å²) in [5.41, 5.74) is 5.37. The number of carbonyl (C=O) groups excluding carboxylic acids is 2. The van der Waals surface area contributed by atoms with Crippen LogP contribution in [0.2, 0.25) is 0 Å². The van der Waals surface area contributed by atoms with E-state index in [-0.39, 0.29) is 17.7 Å². The zero-order valence-electron chi connectivity index (χ0n) is 13.5. The van der Waals surface area contributed by atoms with Gasteiger partial charge in [0.1, 0.15) is 16.2 Å². The van der Waals surface area contributed by atoms with Gasteiger partial charge >= 0.3 is 0 Å². The predicted octanol–water partition coefficient (Wildman–Crippen LogP) is 2.07. The Labute approximate surface area is 148 Å². The van der Waals surface area contributed by atoms with E-state index in [2.05, 4.69) is 23.0 Å². The van der Waals surface area contributed by atoms with Crippen LogP contribution in [0.25, 0.3) is 10.2 Å². The molecule has 2 aromatic rings. The van der Waals surface area contributed by atoms with Crippen molar-refractivity contribution >= 4 is 45.1 Å². The van der Waals surface area contributed by atoms with Crippen LogP contribution in [0, 0.1) is 5.92 Å². The lowest BCUT2D eigenvalue weighted by atomic mass is 9.97. The number of primary amides is 1. The van der Waals surface area contributed by atoms with Crippen LogP contribution in [0.1, 0.15) is 24.6 Å².